The minimum atomic E-state index is -1.000. The topological polar surface area (TPSA) is 83.6 Å². The zero-order valence-electron chi connectivity index (χ0n) is 17.1. The summed E-state index contributed by atoms with van der Waals surface area (Å²) in [5.41, 5.74) is 10.4. The summed E-state index contributed by atoms with van der Waals surface area (Å²) in [4.78, 5) is 13.1. The highest BCUT2D eigenvalue weighted by atomic mass is 32.2. The fourth-order valence-corrected chi connectivity index (χ4v) is 5.20. The van der Waals surface area contributed by atoms with Crippen LogP contribution in [-0.4, -0.2) is 28.0 Å². The summed E-state index contributed by atoms with van der Waals surface area (Å²) in [5, 5.41) is 7.57. The van der Waals surface area contributed by atoms with E-state index in [0.29, 0.717) is 12.5 Å². The lowest BCUT2D eigenvalue weighted by Gasteiger charge is -2.29. The van der Waals surface area contributed by atoms with E-state index in [4.69, 9.17) is 5.73 Å². The van der Waals surface area contributed by atoms with E-state index in [-0.39, 0.29) is 0 Å². The van der Waals surface area contributed by atoms with Crippen LogP contribution >= 0.6 is 11.3 Å². The Kier molecular flexibility index (Phi) is 4.95. The van der Waals surface area contributed by atoms with Crippen LogP contribution in [0.5, 0.6) is 0 Å². The minimum absolute atomic E-state index is 0.482. The van der Waals surface area contributed by atoms with Gasteiger partial charge in [0.1, 0.15) is 18.3 Å². The molecule has 0 amide bonds. The first-order valence-electron chi connectivity index (χ1n) is 9.77. The third-order valence-electron chi connectivity index (χ3n) is 5.39. The Labute approximate surface area is 186 Å². The van der Waals surface area contributed by atoms with Crippen LogP contribution in [0.1, 0.15) is 10.4 Å². The van der Waals surface area contributed by atoms with Gasteiger partial charge in [0.2, 0.25) is 0 Å². The van der Waals surface area contributed by atoms with Crippen LogP contribution in [0.15, 0.2) is 70.0 Å². The van der Waals surface area contributed by atoms with E-state index in [0.717, 1.165) is 49.0 Å². The van der Waals surface area contributed by atoms with Crippen molar-refractivity contribution in [2.75, 3.05) is 23.1 Å². The summed E-state index contributed by atoms with van der Waals surface area (Å²) < 4.78 is 11.7. The molecule has 0 spiro atoms. The molecule has 4 aromatic rings. The number of fused-ring (bicyclic) bond motifs is 2. The van der Waals surface area contributed by atoms with E-state index < -0.39 is 10.8 Å². The van der Waals surface area contributed by atoms with Gasteiger partial charge in [-0.3, -0.25) is 4.21 Å². The van der Waals surface area contributed by atoms with Gasteiger partial charge in [-0.25, -0.2) is 9.98 Å². The number of aliphatic imine (C=N–C) groups is 1. The normalized spacial score (nSPS) is 14.3. The highest BCUT2D eigenvalue weighted by Gasteiger charge is 2.24. The molecule has 5 rings (SSSR count). The minimum Gasteiger partial charge on any atom is -0.383 e. The maximum Gasteiger partial charge on any atom is 0.139 e. The van der Waals surface area contributed by atoms with Crippen molar-refractivity contribution in [3.8, 4) is 0 Å². The number of rotatable bonds is 4. The van der Waals surface area contributed by atoms with Crippen LogP contribution < -0.4 is 16.0 Å². The quantitative estimate of drug-likeness (QED) is 0.465. The first-order valence-corrected chi connectivity index (χ1v) is 12.2. The number of pyridine rings is 1. The first kappa shape index (κ1) is 19.7. The third-order valence-corrected chi connectivity index (χ3v) is 7.25. The highest BCUT2D eigenvalue weighted by Crippen LogP contribution is 2.41. The van der Waals surface area contributed by atoms with Crippen molar-refractivity contribution in [3.05, 3.63) is 70.5 Å². The monoisotopic (exact) mass is 447 g/mol. The van der Waals surface area contributed by atoms with Crippen LogP contribution in [0.2, 0.25) is 0 Å². The molecule has 156 valence electrons. The van der Waals surface area contributed by atoms with E-state index in [1.165, 1.54) is 0 Å². The standard InChI is InChI=1S/C23H21N5OS2/c1-14-3-8-18-17(20(14)28-13-26-22(24)21-19(28)10-12-30-21)9-11-25-23(18)27-15-4-6-16(7-5-15)31(2)29/h3-12H,13H2,1-2H3,(H2,24,26)(H,25,27). The first-order chi connectivity index (χ1) is 15.0. The van der Waals surface area contributed by atoms with Gasteiger partial charge in [-0.05, 0) is 54.3 Å². The van der Waals surface area contributed by atoms with Gasteiger partial charge >= 0.3 is 0 Å². The van der Waals surface area contributed by atoms with Gasteiger partial charge in [0, 0.05) is 44.6 Å². The molecule has 1 unspecified atom stereocenters. The molecular formula is C23H21N5OS2. The Balaban J connectivity index is 1.59. The van der Waals surface area contributed by atoms with Crippen LogP contribution in [0.4, 0.5) is 22.9 Å². The Bertz CT molecular complexity index is 1340. The smallest absolute Gasteiger partial charge is 0.139 e. The molecule has 0 saturated carbocycles. The van der Waals surface area contributed by atoms with Crippen molar-refractivity contribution in [2.45, 2.75) is 11.8 Å². The fourth-order valence-electron chi connectivity index (χ4n) is 3.87. The van der Waals surface area contributed by atoms with E-state index in [1.807, 2.05) is 41.9 Å². The molecule has 2 aromatic carbocycles. The summed E-state index contributed by atoms with van der Waals surface area (Å²) >= 11 is 1.61. The largest absolute Gasteiger partial charge is 0.383 e. The van der Waals surface area contributed by atoms with Crippen LogP contribution in [-0.2, 0) is 10.8 Å². The zero-order valence-corrected chi connectivity index (χ0v) is 18.8. The lowest BCUT2D eigenvalue weighted by molar-refractivity contribution is 0.687. The van der Waals surface area contributed by atoms with Crippen molar-refractivity contribution in [3.63, 3.8) is 0 Å². The molecule has 0 saturated heterocycles. The predicted octanol–water partition coefficient (Wildman–Crippen LogP) is 4.90. The van der Waals surface area contributed by atoms with E-state index in [9.17, 15) is 4.21 Å². The van der Waals surface area contributed by atoms with Gasteiger partial charge in [-0.15, -0.1) is 11.3 Å². The molecule has 1 atom stereocenters. The Morgan fingerprint density at radius 2 is 1.90 bits per heavy atom. The maximum absolute atomic E-state index is 11.7. The van der Waals surface area contributed by atoms with Gasteiger partial charge in [0.25, 0.3) is 0 Å². The summed E-state index contributed by atoms with van der Waals surface area (Å²) in [6.45, 7) is 2.59. The van der Waals surface area contributed by atoms with Crippen molar-refractivity contribution in [2.24, 2.45) is 10.7 Å². The zero-order chi connectivity index (χ0) is 21.5. The average molecular weight is 448 g/mol. The number of amidine groups is 1. The Morgan fingerprint density at radius 3 is 2.68 bits per heavy atom. The number of hydrogen-bond donors (Lipinski definition) is 2. The number of anilines is 4. The van der Waals surface area contributed by atoms with Crippen molar-refractivity contribution in [1.29, 1.82) is 0 Å². The molecule has 2 aromatic heterocycles. The van der Waals surface area contributed by atoms with Gasteiger partial charge in [0.05, 0.1) is 16.3 Å². The Morgan fingerprint density at radius 1 is 1.10 bits per heavy atom. The number of thiophene rings is 1. The van der Waals surface area contributed by atoms with Gasteiger partial charge in [0.15, 0.2) is 0 Å². The van der Waals surface area contributed by atoms with Crippen molar-refractivity contribution in [1.82, 2.24) is 4.98 Å². The second kappa shape index (κ2) is 7.79. The molecule has 8 heteroatoms. The van der Waals surface area contributed by atoms with Gasteiger partial charge in [-0.1, -0.05) is 12.1 Å². The number of nitrogens with zero attached hydrogens (tertiary/aromatic N) is 3. The molecule has 3 heterocycles. The van der Waals surface area contributed by atoms with E-state index in [1.54, 1.807) is 17.6 Å². The second-order valence-electron chi connectivity index (χ2n) is 7.34. The lowest BCUT2D eigenvalue weighted by Crippen LogP contribution is -2.28. The highest BCUT2D eigenvalue weighted by molar-refractivity contribution is 7.84. The second-order valence-corrected chi connectivity index (χ2v) is 9.63. The summed E-state index contributed by atoms with van der Waals surface area (Å²) in [6, 6.07) is 15.9. The average Bonchev–Trinajstić information content (AvgIpc) is 3.26. The lowest BCUT2D eigenvalue weighted by atomic mass is 10.0. The van der Waals surface area contributed by atoms with Gasteiger partial charge in [-0.2, -0.15) is 0 Å². The summed E-state index contributed by atoms with van der Waals surface area (Å²) in [6.07, 6.45) is 3.49. The number of nitrogens with one attached hydrogen (secondary N) is 1. The molecule has 3 N–H and O–H groups in total. The number of benzene rings is 2. The number of hydrogen-bond acceptors (Lipinski definition) is 7. The van der Waals surface area contributed by atoms with Crippen LogP contribution in [0, 0.1) is 6.92 Å². The molecule has 0 fully saturated rings. The predicted molar refractivity (Wildman–Crippen MR) is 131 cm³/mol. The van der Waals surface area contributed by atoms with Crippen LogP contribution in [0.25, 0.3) is 10.8 Å². The fraction of sp³-hybridized carbons (Fsp3) is 0.130. The Hall–Kier alpha value is -3.23. The van der Waals surface area contributed by atoms with E-state index >= 15 is 0 Å². The summed E-state index contributed by atoms with van der Waals surface area (Å²) in [5.74, 6) is 1.37. The van der Waals surface area contributed by atoms with Gasteiger partial charge < -0.3 is 16.0 Å². The summed E-state index contributed by atoms with van der Waals surface area (Å²) in [7, 11) is -1.000. The SMILES string of the molecule is Cc1ccc2c(Nc3ccc(S(C)=O)cc3)nccc2c1N1CN=C(N)c2sccc21. The molecule has 0 radical (unpaired) electrons. The number of aryl methyl sites for hydroxylation is 1. The number of nitrogens with two attached hydrogens (primary N) is 1. The van der Waals surface area contributed by atoms with Crippen LogP contribution in [0.3, 0.4) is 0 Å². The molecule has 31 heavy (non-hydrogen) atoms. The molecular weight excluding hydrogens is 426 g/mol. The molecule has 6 nitrogen and oxygen atoms in total. The third kappa shape index (κ3) is 3.47. The molecule has 1 aliphatic heterocycles. The number of aromatic nitrogens is 1. The molecule has 0 bridgehead atoms. The maximum atomic E-state index is 11.7. The molecule has 0 aliphatic carbocycles. The van der Waals surface area contributed by atoms with E-state index in [2.05, 4.69) is 45.3 Å². The van der Waals surface area contributed by atoms with Crippen molar-refractivity contribution < 1.29 is 4.21 Å². The molecule has 1 aliphatic rings. The van der Waals surface area contributed by atoms with Crippen molar-refractivity contribution >= 4 is 61.6 Å².